The molecule has 0 fully saturated rings. The van der Waals surface area contributed by atoms with Crippen LogP contribution in [-0.2, 0) is 4.84 Å². The van der Waals surface area contributed by atoms with Crippen LogP contribution in [-0.4, -0.2) is 11.5 Å². The van der Waals surface area contributed by atoms with Gasteiger partial charge in [-0.1, -0.05) is 121 Å². The summed E-state index contributed by atoms with van der Waals surface area (Å²) in [6, 6.07) is 8.32. The highest BCUT2D eigenvalue weighted by atomic mass is 16.6. The number of unbranched alkanes of at least 4 members (excludes halogenated alkanes) is 6. The zero-order valence-electron chi connectivity index (χ0n) is 23.5. The molecule has 0 heterocycles. The molecule has 3 N–H and O–H groups in total. The van der Waals surface area contributed by atoms with E-state index in [0.29, 0.717) is 5.92 Å². The number of allylic oxidation sites excluding steroid dienone is 3. The van der Waals surface area contributed by atoms with Crippen LogP contribution in [0.5, 0.6) is 0 Å². The van der Waals surface area contributed by atoms with Crippen molar-refractivity contribution < 1.29 is 4.84 Å². The maximum absolute atomic E-state index is 6.28. The van der Waals surface area contributed by atoms with Gasteiger partial charge in [-0.3, -0.25) is 5.41 Å². The monoisotopic (exact) mass is 471 g/mol. The Hall–Kier alpha value is -2.36. The van der Waals surface area contributed by atoms with Gasteiger partial charge < -0.3 is 10.6 Å². The van der Waals surface area contributed by atoms with Crippen molar-refractivity contribution in [2.45, 2.75) is 113 Å². The molecule has 34 heavy (non-hydrogen) atoms. The Morgan fingerprint density at radius 2 is 1.53 bits per heavy atom. The van der Waals surface area contributed by atoms with Crippen LogP contribution in [0.2, 0.25) is 0 Å². The molecule has 1 rings (SSSR count). The van der Waals surface area contributed by atoms with Gasteiger partial charge in [-0.2, -0.15) is 0 Å². The third-order valence-electron chi connectivity index (χ3n) is 5.41. The number of amidine groups is 1. The molecule has 4 nitrogen and oxygen atoms in total. The van der Waals surface area contributed by atoms with Crippen LogP contribution in [0.1, 0.15) is 117 Å². The number of aryl methyl sites for hydroxylation is 1. The van der Waals surface area contributed by atoms with Crippen molar-refractivity contribution in [1.29, 1.82) is 5.41 Å². The average molecular weight is 472 g/mol. The molecule has 0 saturated heterocycles. The molecule has 0 aromatic heterocycles. The normalized spacial score (nSPS) is 12.0. The van der Waals surface area contributed by atoms with E-state index in [2.05, 4.69) is 64.6 Å². The van der Waals surface area contributed by atoms with E-state index in [4.69, 9.17) is 16.0 Å². The molecule has 0 spiro atoms. The lowest BCUT2D eigenvalue weighted by Gasteiger charge is -2.13. The number of hydrogen-bond donors (Lipinski definition) is 2. The van der Waals surface area contributed by atoms with Gasteiger partial charge in [0.15, 0.2) is 0 Å². The van der Waals surface area contributed by atoms with Gasteiger partial charge >= 0.3 is 0 Å². The lowest BCUT2D eigenvalue weighted by molar-refractivity contribution is 0.191. The zero-order chi connectivity index (χ0) is 26.4. The summed E-state index contributed by atoms with van der Waals surface area (Å²) in [5.74, 6) is 1.25. The standard InChI is InChI=1S/C20H29NO.C8H18.C2H6N2/c1-7-9-12-15(3)18(6)22-21-17(5)19(8-2)20-14-11-10-13-16(20)4;1-3-5-7-8-6-4-2;1-2(3)4/h8,10-11,13-15H,6-7,9,12H2,1-5H3;3-8H2,1-2H3;1H3,(H3,3,4)/b19-8-,21-17+;;/t15-;;/m0../s1. The van der Waals surface area contributed by atoms with Crippen LogP contribution in [0.4, 0.5) is 0 Å². The first-order chi connectivity index (χ1) is 16.2. The Morgan fingerprint density at radius 1 is 1.03 bits per heavy atom. The maximum atomic E-state index is 6.28. The smallest absolute Gasteiger partial charge is 0.130 e. The number of hydrogen-bond acceptors (Lipinski definition) is 3. The predicted octanol–water partition coefficient (Wildman–Crippen LogP) is 9.44. The Balaban J connectivity index is 0. The van der Waals surface area contributed by atoms with Gasteiger partial charge in [-0.15, -0.1) is 0 Å². The number of rotatable bonds is 13. The first-order valence-electron chi connectivity index (χ1n) is 13.1. The third kappa shape index (κ3) is 18.1. The number of oxime groups is 1. The zero-order valence-corrected chi connectivity index (χ0v) is 23.5. The highest BCUT2D eigenvalue weighted by molar-refractivity contribution is 6.22. The van der Waals surface area contributed by atoms with Crippen molar-refractivity contribution in [2.24, 2.45) is 16.8 Å². The van der Waals surface area contributed by atoms with Gasteiger partial charge in [0.25, 0.3) is 0 Å². The number of nitrogens with zero attached hydrogens (tertiary/aromatic N) is 1. The average Bonchev–Trinajstić information content (AvgIpc) is 2.80. The van der Waals surface area contributed by atoms with E-state index < -0.39 is 0 Å². The highest BCUT2D eigenvalue weighted by Crippen LogP contribution is 2.22. The Labute approximate surface area is 211 Å². The predicted molar refractivity (Wildman–Crippen MR) is 153 cm³/mol. The molecule has 1 atom stereocenters. The summed E-state index contributed by atoms with van der Waals surface area (Å²) >= 11 is 0. The number of nitrogens with one attached hydrogen (secondary N) is 1. The number of benzene rings is 1. The minimum absolute atomic E-state index is 0.167. The lowest BCUT2D eigenvalue weighted by atomic mass is 9.97. The molecule has 4 heteroatoms. The summed E-state index contributed by atoms with van der Waals surface area (Å²) in [5, 5.41) is 10.6. The minimum atomic E-state index is 0.167. The van der Waals surface area contributed by atoms with Gasteiger partial charge in [0.1, 0.15) is 5.76 Å². The van der Waals surface area contributed by atoms with E-state index in [1.54, 1.807) is 0 Å². The van der Waals surface area contributed by atoms with Gasteiger partial charge in [-0.25, -0.2) is 0 Å². The van der Waals surface area contributed by atoms with Crippen LogP contribution in [0.3, 0.4) is 0 Å². The second-order valence-electron chi connectivity index (χ2n) is 8.89. The largest absolute Gasteiger partial charge is 0.388 e. The highest BCUT2D eigenvalue weighted by Gasteiger charge is 2.10. The van der Waals surface area contributed by atoms with Crippen LogP contribution in [0, 0.1) is 18.3 Å². The molecular formula is C30H53N3O. The summed E-state index contributed by atoms with van der Waals surface area (Å²) in [4.78, 5) is 5.56. The fourth-order valence-electron chi connectivity index (χ4n) is 3.23. The van der Waals surface area contributed by atoms with E-state index >= 15 is 0 Å². The first kappa shape index (κ1) is 33.8. The Kier molecular flexibility index (Phi) is 22.3. The molecule has 0 bridgehead atoms. The van der Waals surface area contributed by atoms with Crippen molar-refractivity contribution in [3.05, 3.63) is 53.8 Å². The molecule has 0 amide bonds. The first-order valence-corrected chi connectivity index (χ1v) is 13.1. The molecule has 0 aliphatic carbocycles. The Morgan fingerprint density at radius 3 is 1.97 bits per heavy atom. The quantitative estimate of drug-likeness (QED) is 0.0988. The molecule has 0 aliphatic heterocycles. The summed E-state index contributed by atoms with van der Waals surface area (Å²) in [5.41, 5.74) is 9.10. The molecule has 0 radical (unpaired) electrons. The van der Waals surface area contributed by atoms with Crippen molar-refractivity contribution in [3.63, 3.8) is 0 Å². The van der Waals surface area contributed by atoms with E-state index in [0.717, 1.165) is 23.5 Å². The molecule has 0 saturated carbocycles. The van der Waals surface area contributed by atoms with Crippen molar-refractivity contribution in [3.8, 4) is 0 Å². The number of nitrogens with two attached hydrogens (primary N) is 1. The summed E-state index contributed by atoms with van der Waals surface area (Å²) in [7, 11) is 0. The van der Waals surface area contributed by atoms with Crippen molar-refractivity contribution >= 4 is 17.1 Å². The third-order valence-corrected chi connectivity index (χ3v) is 5.41. The molecule has 1 aromatic carbocycles. The lowest BCUT2D eigenvalue weighted by Crippen LogP contribution is -2.03. The molecular weight excluding hydrogens is 418 g/mol. The fourth-order valence-corrected chi connectivity index (χ4v) is 3.23. The fraction of sp³-hybridized carbons (Fsp3) is 0.600. The summed E-state index contributed by atoms with van der Waals surface area (Å²) < 4.78 is 0. The van der Waals surface area contributed by atoms with Crippen LogP contribution in [0.15, 0.2) is 47.8 Å². The van der Waals surface area contributed by atoms with Crippen molar-refractivity contribution in [1.82, 2.24) is 0 Å². The molecule has 0 unspecified atom stereocenters. The van der Waals surface area contributed by atoms with Crippen molar-refractivity contribution in [2.75, 3.05) is 0 Å². The van der Waals surface area contributed by atoms with Crippen LogP contribution >= 0.6 is 0 Å². The van der Waals surface area contributed by atoms with Gasteiger partial charge in [0, 0.05) is 11.5 Å². The van der Waals surface area contributed by atoms with Crippen LogP contribution in [0.25, 0.3) is 5.57 Å². The molecule has 194 valence electrons. The second-order valence-corrected chi connectivity index (χ2v) is 8.89. The van der Waals surface area contributed by atoms with E-state index in [9.17, 15) is 0 Å². The van der Waals surface area contributed by atoms with E-state index in [-0.39, 0.29) is 5.84 Å². The molecule has 1 aromatic rings. The Bertz CT molecular complexity index is 724. The van der Waals surface area contributed by atoms with E-state index in [1.807, 2.05) is 26.0 Å². The van der Waals surface area contributed by atoms with Gasteiger partial charge in [0.05, 0.1) is 11.5 Å². The maximum Gasteiger partial charge on any atom is 0.130 e. The second kappa shape index (κ2) is 22.4. The summed E-state index contributed by atoms with van der Waals surface area (Å²) in [6.07, 6.45) is 14.0. The molecule has 0 aliphatic rings. The van der Waals surface area contributed by atoms with E-state index in [1.165, 1.54) is 69.4 Å². The summed E-state index contributed by atoms with van der Waals surface area (Å²) in [6.45, 7) is 20.5. The topological polar surface area (TPSA) is 71.5 Å². The SMILES string of the molecule is C=C(O/N=C(C)/C(=C/C)c1ccccc1C)[C@@H](C)CCCC.CC(=N)N.CCCCCCCC. The minimum Gasteiger partial charge on any atom is -0.388 e. The van der Waals surface area contributed by atoms with Gasteiger partial charge in [0.2, 0.25) is 0 Å². The van der Waals surface area contributed by atoms with Gasteiger partial charge in [-0.05, 0) is 45.2 Å². The van der Waals surface area contributed by atoms with Crippen LogP contribution < -0.4 is 5.73 Å².